The van der Waals surface area contributed by atoms with Crippen LogP contribution in [0.15, 0.2) is 72.8 Å². The zero-order valence-corrected chi connectivity index (χ0v) is 21.0. The second kappa shape index (κ2) is 13.3. The van der Waals surface area contributed by atoms with Crippen LogP contribution >= 0.6 is 0 Å². The van der Waals surface area contributed by atoms with Crippen LogP contribution in [0.25, 0.3) is 0 Å². The standard InChI is InChI=1S/C15H19NO3.C14H17NO3/c17-14-7-12-6-13(12)8-16(9-14)15(18)19-10-11-4-2-1-3-5-11;16-13-8-4-5-9-15(10-13)14(17)18-11-12-6-2-1-3-7-12/h1-5,12-14,17H,6-10H2;1-7,13,16H,8-11H2. The predicted molar refractivity (Wildman–Crippen MR) is 138 cm³/mol. The van der Waals surface area contributed by atoms with Crippen molar-refractivity contribution >= 4 is 12.2 Å². The Morgan fingerprint density at radius 2 is 1.27 bits per heavy atom. The number of aliphatic hydroxyl groups excluding tert-OH is 2. The van der Waals surface area contributed by atoms with Gasteiger partial charge in [-0.2, -0.15) is 0 Å². The van der Waals surface area contributed by atoms with E-state index in [1.54, 1.807) is 4.90 Å². The molecule has 1 aliphatic carbocycles. The van der Waals surface area contributed by atoms with Crippen LogP contribution in [0, 0.1) is 11.8 Å². The molecule has 4 unspecified atom stereocenters. The third-order valence-corrected chi connectivity index (χ3v) is 6.79. The highest BCUT2D eigenvalue weighted by Crippen LogP contribution is 2.44. The van der Waals surface area contributed by atoms with Gasteiger partial charge < -0.3 is 29.5 Å². The summed E-state index contributed by atoms with van der Waals surface area (Å²) in [7, 11) is 0. The van der Waals surface area contributed by atoms with Gasteiger partial charge in [0.2, 0.25) is 0 Å². The molecule has 2 amide bonds. The monoisotopic (exact) mass is 508 g/mol. The fraction of sp³-hybridized carbons (Fsp3) is 0.448. The molecule has 37 heavy (non-hydrogen) atoms. The molecule has 0 radical (unpaired) electrons. The van der Waals surface area contributed by atoms with Gasteiger partial charge in [-0.25, -0.2) is 9.59 Å². The molecule has 0 bridgehead atoms. The van der Waals surface area contributed by atoms with Gasteiger partial charge in [-0.05, 0) is 42.2 Å². The van der Waals surface area contributed by atoms with E-state index in [0.29, 0.717) is 44.5 Å². The van der Waals surface area contributed by atoms with Crippen LogP contribution in [-0.2, 0) is 22.7 Å². The Balaban J connectivity index is 0.000000173. The fourth-order valence-electron chi connectivity index (χ4n) is 4.64. The summed E-state index contributed by atoms with van der Waals surface area (Å²) in [4.78, 5) is 27.0. The number of carbonyl (C=O) groups excluding carboxylic acids is 2. The lowest BCUT2D eigenvalue weighted by molar-refractivity contribution is 0.0705. The summed E-state index contributed by atoms with van der Waals surface area (Å²) in [5.41, 5.74) is 1.94. The van der Waals surface area contributed by atoms with Crippen molar-refractivity contribution in [3.05, 3.63) is 83.9 Å². The van der Waals surface area contributed by atoms with Crippen LogP contribution in [0.5, 0.6) is 0 Å². The third kappa shape index (κ3) is 8.61. The van der Waals surface area contributed by atoms with E-state index in [1.165, 1.54) is 4.90 Å². The maximum absolute atomic E-state index is 12.0. The summed E-state index contributed by atoms with van der Waals surface area (Å²) in [6.45, 7) is 2.50. The molecule has 2 heterocycles. The Labute approximate surface area is 218 Å². The van der Waals surface area contributed by atoms with Gasteiger partial charge in [0.25, 0.3) is 0 Å². The summed E-state index contributed by atoms with van der Waals surface area (Å²) in [6.07, 6.45) is 4.71. The number of hydrogen-bond acceptors (Lipinski definition) is 6. The first-order valence-corrected chi connectivity index (χ1v) is 12.9. The van der Waals surface area contributed by atoms with Crippen LogP contribution in [-0.4, -0.2) is 70.6 Å². The summed E-state index contributed by atoms with van der Waals surface area (Å²) in [6, 6.07) is 19.2. The Bertz CT molecular complexity index is 1030. The second-order valence-electron chi connectivity index (χ2n) is 9.90. The molecule has 2 fully saturated rings. The minimum absolute atomic E-state index is 0.260. The van der Waals surface area contributed by atoms with Crippen molar-refractivity contribution in [1.29, 1.82) is 0 Å². The normalized spacial score (nSPS) is 24.5. The van der Waals surface area contributed by atoms with Crippen LogP contribution in [0.2, 0.25) is 0 Å². The molecule has 2 aromatic carbocycles. The van der Waals surface area contributed by atoms with Crippen LogP contribution in [0.1, 0.15) is 30.4 Å². The van der Waals surface area contributed by atoms with Gasteiger partial charge in [-0.3, -0.25) is 0 Å². The summed E-state index contributed by atoms with van der Waals surface area (Å²) >= 11 is 0. The first-order chi connectivity index (χ1) is 18.0. The number of nitrogens with zero attached hydrogens (tertiary/aromatic N) is 2. The largest absolute Gasteiger partial charge is 0.445 e. The molecule has 3 aliphatic rings. The van der Waals surface area contributed by atoms with Gasteiger partial charge in [0, 0.05) is 19.6 Å². The maximum Gasteiger partial charge on any atom is 0.410 e. The molecule has 8 heteroatoms. The van der Waals surface area contributed by atoms with E-state index in [0.717, 1.165) is 30.5 Å². The summed E-state index contributed by atoms with van der Waals surface area (Å²) in [5.74, 6) is 1.18. The number of fused-ring (bicyclic) bond motifs is 1. The summed E-state index contributed by atoms with van der Waals surface area (Å²) in [5, 5.41) is 19.4. The van der Waals surface area contributed by atoms with E-state index >= 15 is 0 Å². The van der Waals surface area contributed by atoms with E-state index < -0.39 is 12.2 Å². The zero-order valence-electron chi connectivity index (χ0n) is 21.0. The zero-order chi connectivity index (χ0) is 26.0. The number of β-amino-alcohol motifs (C(OH)–C–C–N with tert-alkyl or cyclic N) is 2. The molecule has 0 spiro atoms. The molecule has 2 aliphatic heterocycles. The fourth-order valence-corrected chi connectivity index (χ4v) is 4.64. The van der Waals surface area contributed by atoms with E-state index in [2.05, 4.69) is 0 Å². The van der Waals surface area contributed by atoms with E-state index in [9.17, 15) is 19.8 Å². The smallest absolute Gasteiger partial charge is 0.410 e. The lowest BCUT2D eigenvalue weighted by atomic mass is 10.2. The second-order valence-corrected chi connectivity index (χ2v) is 9.90. The van der Waals surface area contributed by atoms with Gasteiger partial charge in [0.1, 0.15) is 13.2 Å². The third-order valence-electron chi connectivity index (χ3n) is 6.79. The number of likely N-dealkylation sites (tertiary alicyclic amines) is 1. The van der Waals surface area contributed by atoms with Crippen molar-refractivity contribution in [2.24, 2.45) is 11.8 Å². The molecule has 5 rings (SSSR count). The minimum Gasteiger partial charge on any atom is -0.445 e. The molecular formula is C29H36N2O6. The van der Waals surface area contributed by atoms with Crippen LogP contribution in [0.3, 0.4) is 0 Å². The van der Waals surface area contributed by atoms with Crippen molar-refractivity contribution in [2.75, 3.05) is 26.2 Å². The lowest BCUT2D eigenvalue weighted by Crippen LogP contribution is -2.37. The summed E-state index contributed by atoms with van der Waals surface area (Å²) < 4.78 is 10.5. The highest BCUT2D eigenvalue weighted by Gasteiger charge is 2.43. The highest BCUT2D eigenvalue weighted by atomic mass is 16.6. The predicted octanol–water partition coefficient (Wildman–Crippen LogP) is 3.97. The quantitative estimate of drug-likeness (QED) is 0.607. The van der Waals surface area contributed by atoms with E-state index in [1.807, 2.05) is 72.8 Å². The van der Waals surface area contributed by atoms with Gasteiger partial charge in [-0.1, -0.05) is 72.8 Å². The minimum atomic E-state index is -0.506. The first kappa shape index (κ1) is 26.7. The molecule has 198 valence electrons. The van der Waals surface area contributed by atoms with Gasteiger partial charge in [0.15, 0.2) is 0 Å². The molecule has 1 saturated heterocycles. The van der Waals surface area contributed by atoms with Gasteiger partial charge >= 0.3 is 12.2 Å². The Morgan fingerprint density at radius 1 is 0.703 bits per heavy atom. The lowest BCUT2D eigenvalue weighted by Gasteiger charge is -2.22. The first-order valence-electron chi connectivity index (χ1n) is 12.9. The maximum atomic E-state index is 12.0. The molecule has 1 saturated carbocycles. The van der Waals surface area contributed by atoms with Crippen LogP contribution in [0.4, 0.5) is 9.59 Å². The van der Waals surface area contributed by atoms with Gasteiger partial charge in [-0.15, -0.1) is 0 Å². The van der Waals surface area contributed by atoms with Crippen molar-refractivity contribution < 1.29 is 29.3 Å². The molecule has 2 N–H and O–H groups in total. The Kier molecular flexibility index (Phi) is 9.57. The Morgan fingerprint density at radius 3 is 1.89 bits per heavy atom. The molecule has 4 atom stereocenters. The van der Waals surface area contributed by atoms with Crippen molar-refractivity contribution in [2.45, 2.75) is 44.7 Å². The molecule has 2 aromatic rings. The molecular weight excluding hydrogens is 472 g/mol. The number of amides is 2. The Hall–Kier alpha value is -3.36. The van der Waals surface area contributed by atoms with Crippen molar-refractivity contribution in [3.63, 3.8) is 0 Å². The number of ether oxygens (including phenoxy) is 2. The SMILES string of the molecule is O=C(OCc1ccccc1)N1CC(O)CC2CC2C1.O=C(OCc1ccccc1)N1CC=CCC(O)C1. The number of aliphatic hydroxyl groups is 2. The number of rotatable bonds is 4. The number of hydrogen-bond donors (Lipinski definition) is 2. The highest BCUT2D eigenvalue weighted by molar-refractivity contribution is 5.68. The van der Waals surface area contributed by atoms with E-state index in [4.69, 9.17) is 9.47 Å². The number of benzene rings is 2. The molecule has 8 nitrogen and oxygen atoms in total. The van der Waals surface area contributed by atoms with E-state index in [-0.39, 0.29) is 18.8 Å². The molecule has 0 aromatic heterocycles. The number of carbonyl (C=O) groups is 2. The van der Waals surface area contributed by atoms with Crippen molar-refractivity contribution in [1.82, 2.24) is 9.80 Å². The topological polar surface area (TPSA) is 99.5 Å². The van der Waals surface area contributed by atoms with Crippen LogP contribution < -0.4 is 0 Å². The average molecular weight is 509 g/mol. The van der Waals surface area contributed by atoms with Crippen molar-refractivity contribution in [3.8, 4) is 0 Å². The average Bonchev–Trinajstić information content (AvgIpc) is 3.70. The van der Waals surface area contributed by atoms with Gasteiger partial charge in [0.05, 0.1) is 18.8 Å².